The first-order chi connectivity index (χ1) is 14.8. The van der Waals surface area contributed by atoms with Crippen LogP contribution < -0.4 is 16.6 Å². The molecule has 0 aliphatic carbocycles. The maximum Gasteiger partial charge on any atom is 0.265 e. The van der Waals surface area contributed by atoms with Gasteiger partial charge in [-0.25, -0.2) is 9.97 Å². The number of nitrogens with two attached hydrogens (primary N) is 1. The van der Waals surface area contributed by atoms with Crippen LogP contribution in [0, 0.1) is 0 Å². The molecule has 160 valence electrons. The summed E-state index contributed by atoms with van der Waals surface area (Å²) in [5, 5.41) is 2.83. The summed E-state index contributed by atoms with van der Waals surface area (Å²) in [6, 6.07) is 11.5. The van der Waals surface area contributed by atoms with Crippen molar-refractivity contribution in [2.75, 3.05) is 19.3 Å². The molecule has 0 spiro atoms. The summed E-state index contributed by atoms with van der Waals surface area (Å²) in [5.41, 5.74) is 6.24. The van der Waals surface area contributed by atoms with Gasteiger partial charge >= 0.3 is 0 Å². The van der Waals surface area contributed by atoms with E-state index in [-0.39, 0.29) is 34.5 Å². The molecule has 0 aliphatic rings. The molecule has 0 fully saturated rings. The van der Waals surface area contributed by atoms with Gasteiger partial charge in [0.05, 0.1) is 12.4 Å². The average molecular weight is 441 g/mol. The molecule has 2 heterocycles. The van der Waals surface area contributed by atoms with Crippen molar-refractivity contribution in [2.24, 2.45) is 7.05 Å². The van der Waals surface area contributed by atoms with Gasteiger partial charge in [0.2, 0.25) is 0 Å². The number of pyridine rings is 1. The van der Waals surface area contributed by atoms with E-state index in [9.17, 15) is 14.4 Å². The van der Waals surface area contributed by atoms with Crippen LogP contribution in [0.4, 0.5) is 5.82 Å². The van der Waals surface area contributed by atoms with E-state index < -0.39 is 17.5 Å². The highest BCUT2D eigenvalue weighted by atomic mass is 35.5. The standard InChI is InChI=1S/C21H21ClN6O3/c1-27-12-24-10-15(21(27)31)19(29)25-11-16(13-6-4-3-5-7-13)28(2)20(30)14-8-17(22)26-18(23)9-14/h3-10,12,16H,11H2,1-2H3,(H2,23,26)(H,25,29). The Balaban J connectivity index is 1.86. The molecule has 0 saturated carbocycles. The second kappa shape index (κ2) is 9.40. The Morgan fingerprint density at radius 3 is 2.65 bits per heavy atom. The van der Waals surface area contributed by atoms with E-state index in [1.54, 1.807) is 7.05 Å². The van der Waals surface area contributed by atoms with E-state index in [1.165, 1.54) is 41.2 Å². The predicted octanol–water partition coefficient (Wildman–Crippen LogP) is 1.65. The minimum absolute atomic E-state index is 0.0669. The summed E-state index contributed by atoms with van der Waals surface area (Å²) >= 11 is 5.94. The summed E-state index contributed by atoms with van der Waals surface area (Å²) in [6.45, 7) is 0.0669. The van der Waals surface area contributed by atoms with Crippen LogP contribution in [0.3, 0.4) is 0 Å². The quantitative estimate of drug-likeness (QED) is 0.562. The number of amides is 2. The van der Waals surface area contributed by atoms with E-state index in [1.807, 2.05) is 30.3 Å². The molecule has 3 rings (SSSR count). The van der Waals surface area contributed by atoms with Crippen LogP contribution in [0.15, 0.2) is 59.8 Å². The zero-order valence-electron chi connectivity index (χ0n) is 16.9. The minimum atomic E-state index is -0.577. The Morgan fingerprint density at radius 2 is 1.97 bits per heavy atom. The van der Waals surface area contributed by atoms with Crippen molar-refractivity contribution in [1.29, 1.82) is 0 Å². The predicted molar refractivity (Wildman–Crippen MR) is 117 cm³/mol. The van der Waals surface area contributed by atoms with Crippen molar-refractivity contribution in [3.63, 3.8) is 0 Å². The molecule has 9 nitrogen and oxygen atoms in total. The number of halogens is 1. The van der Waals surface area contributed by atoms with Crippen LogP contribution in [0.2, 0.25) is 5.15 Å². The molecule has 0 saturated heterocycles. The van der Waals surface area contributed by atoms with Gasteiger partial charge in [0.1, 0.15) is 16.5 Å². The molecule has 2 amide bonds. The van der Waals surface area contributed by atoms with E-state index in [0.717, 1.165) is 5.56 Å². The van der Waals surface area contributed by atoms with E-state index in [0.29, 0.717) is 0 Å². The molecule has 3 N–H and O–H groups in total. The van der Waals surface area contributed by atoms with E-state index in [4.69, 9.17) is 17.3 Å². The molecule has 10 heteroatoms. The molecule has 2 aromatic heterocycles. The number of hydrogen-bond donors (Lipinski definition) is 2. The number of likely N-dealkylation sites (N-methyl/N-ethyl adjacent to an activating group) is 1. The highest BCUT2D eigenvalue weighted by Gasteiger charge is 2.25. The molecule has 1 aromatic carbocycles. The van der Waals surface area contributed by atoms with Gasteiger partial charge in [-0.05, 0) is 17.7 Å². The van der Waals surface area contributed by atoms with E-state index >= 15 is 0 Å². The molecule has 1 atom stereocenters. The van der Waals surface area contributed by atoms with Gasteiger partial charge in [-0.2, -0.15) is 0 Å². The van der Waals surface area contributed by atoms with Gasteiger partial charge in [-0.1, -0.05) is 41.9 Å². The smallest absolute Gasteiger partial charge is 0.265 e. The Kier molecular flexibility index (Phi) is 6.66. The van der Waals surface area contributed by atoms with Crippen LogP contribution in [0.1, 0.15) is 32.3 Å². The lowest BCUT2D eigenvalue weighted by atomic mass is 10.0. The minimum Gasteiger partial charge on any atom is -0.384 e. The largest absolute Gasteiger partial charge is 0.384 e. The first-order valence-corrected chi connectivity index (χ1v) is 9.69. The van der Waals surface area contributed by atoms with Gasteiger partial charge in [-0.15, -0.1) is 0 Å². The fraction of sp³-hybridized carbons (Fsp3) is 0.190. The van der Waals surface area contributed by atoms with Crippen LogP contribution in [0.25, 0.3) is 0 Å². The van der Waals surface area contributed by atoms with Gasteiger partial charge in [0.25, 0.3) is 17.4 Å². The first kappa shape index (κ1) is 22.0. The molecule has 0 aliphatic heterocycles. The molecule has 3 aromatic rings. The number of nitrogens with zero attached hydrogens (tertiary/aromatic N) is 4. The number of hydrogen-bond acceptors (Lipinski definition) is 6. The third-order valence-electron chi connectivity index (χ3n) is 4.73. The summed E-state index contributed by atoms with van der Waals surface area (Å²) in [5.74, 6) is -0.802. The van der Waals surface area contributed by atoms with Gasteiger partial charge in [-0.3, -0.25) is 14.4 Å². The second-order valence-electron chi connectivity index (χ2n) is 6.88. The van der Waals surface area contributed by atoms with Crippen LogP contribution in [-0.2, 0) is 7.05 Å². The Hall–Kier alpha value is -3.72. The molecule has 0 radical (unpaired) electrons. The monoisotopic (exact) mass is 440 g/mol. The Labute approximate surface area is 183 Å². The summed E-state index contributed by atoms with van der Waals surface area (Å²) < 4.78 is 1.22. The lowest BCUT2D eigenvalue weighted by Gasteiger charge is -2.29. The number of nitrogens with one attached hydrogen (secondary N) is 1. The molecule has 1 unspecified atom stereocenters. The topological polar surface area (TPSA) is 123 Å². The lowest BCUT2D eigenvalue weighted by Crippen LogP contribution is -2.40. The summed E-state index contributed by atoms with van der Waals surface area (Å²) in [4.78, 5) is 47.1. The van der Waals surface area contributed by atoms with Gasteiger partial charge in [0.15, 0.2) is 0 Å². The number of rotatable bonds is 6. The number of aromatic nitrogens is 3. The van der Waals surface area contributed by atoms with Crippen molar-refractivity contribution in [3.05, 3.63) is 87.2 Å². The zero-order valence-corrected chi connectivity index (χ0v) is 17.7. The van der Waals surface area contributed by atoms with Crippen molar-refractivity contribution < 1.29 is 9.59 Å². The van der Waals surface area contributed by atoms with Crippen molar-refractivity contribution in [2.45, 2.75) is 6.04 Å². The van der Waals surface area contributed by atoms with Crippen molar-refractivity contribution >= 4 is 29.2 Å². The van der Waals surface area contributed by atoms with E-state index in [2.05, 4.69) is 15.3 Å². The van der Waals surface area contributed by atoms with Crippen LogP contribution in [0.5, 0.6) is 0 Å². The van der Waals surface area contributed by atoms with Crippen molar-refractivity contribution in [3.8, 4) is 0 Å². The molecular weight excluding hydrogens is 420 g/mol. The maximum absolute atomic E-state index is 13.1. The normalized spacial score (nSPS) is 11.6. The number of carbonyl (C=O) groups is 2. The highest BCUT2D eigenvalue weighted by molar-refractivity contribution is 6.29. The highest BCUT2D eigenvalue weighted by Crippen LogP contribution is 2.22. The summed E-state index contributed by atoms with van der Waals surface area (Å²) in [6.07, 6.45) is 2.54. The summed E-state index contributed by atoms with van der Waals surface area (Å²) in [7, 11) is 3.12. The number of anilines is 1. The fourth-order valence-electron chi connectivity index (χ4n) is 3.09. The number of aryl methyl sites for hydroxylation is 1. The fourth-order valence-corrected chi connectivity index (χ4v) is 3.30. The first-order valence-electron chi connectivity index (χ1n) is 9.32. The molecular formula is C21H21ClN6O3. The number of benzene rings is 1. The zero-order chi connectivity index (χ0) is 22.5. The van der Waals surface area contributed by atoms with Crippen LogP contribution in [-0.4, -0.2) is 44.8 Å². The van der Waals surface area contributed by atoms with Gasteiger partial charge in [0, 0.05) is 32.4 Å². The third kappa shape index (κ3) is 5.07. The lowest BCUT2D eigenvalue weighted by molar-refractivity contribution is 0.0716. The Bertz CT molecular complexity index is 1150. The maximum atomic E-state index is 13.1. The molecule has 0 bridgehead atoms. The average Bonchev–Trinajstić information content (AvgIpc) is 2.75. The van der Waals surface area contributed by atoms with Crippen LogP contribution >= 0.6 is 11.6 Å². The Morgan fingerprint density at radius 1 is 1.26 bits per heavy atom. The number of nitrogen functional groups attached to an aromatic ring is 1. The third-order valence-corrected chi connectivity index (χ3v) is 4.92. The SMILES string of the molecule is CN(C(=O)c1cc(N)nc(Cl)c1)C(CNC(=O)c1cncn(C)c1=O)c1ccccc1. The molecule has 31 heavy (non-hydrogen) atoms. The van der Waals surface area contributed by atoms with Crippen molar-refractivity contribution in [1.82, 2.24) is 24.8 Å². The number of carbonyl (C=O) groups excluding carboxylic acids is 2. The van der Waals surface area contributed by atoms with Gasteiger partial charge < -0.3 is 20.5 Å². The second-order valence-corrected chi connectivity index (χ2v) is 7.27.